The Morgan fingerprint density at radius 3 is 2.48 bits per heavy atom. The van der Waals surface area contributed by atoms with Crippen molar-refractivity contribution in [2.24, 2.45) is 11.3 Å². The Morgan fingerprint density at radius 2 is 1.75 bits per heavy atom. The van der Waals surface area contributed by atoms with Crippen molar-refractivity contribution in [1.82, 2.24) is 5.32 Å². The molecule has 3 aromatic carbocycles. The van der Waals surface area contributed by atoms with E-state index in [1.54, 1.807) is 0 Å². The Bertz CT molecular complexity index is 1390. The smallest absolute Gasteiger partial charge is 0.247 e. The van der Waals surface area contributed by atoms with Crippen molar-refractivity contribution in [3.05, 3.63) is 99.5 Å². The van der Waals surface area contributed by atoms with Gasteiger partial charge in [-0.05, 0) is 83.4 Å². The lowest BCUT2D eigenvalue weighted by atomic mass is 9.49. The maximum Gasteiger partial charge on any atom is 0.247 e. The van der Waals surface area contributed by atoms with E-state index in [9.17, 15) is 9.59 Å². The molecule has 2 amide bonds. The van der Waals surface area contributed by atoms with E-state index in [2.05, 4.69) is 72.5 Å². The fourth-order valence-electron chi connectivity index (χ4n) is 7.32. The summed E-state index contributed by atoms with van der Waals surface area (Å²) in [6, 6.07) is 23.8. The molecule has 4 nitrogen and oxygen atoms in total. The van der Waals surface area contributed by atoms with Gasteiger partial charge in [0.25, 0.3) is 0 Å². The molecule has 2 N–H and O–H groups in total. The van der Waals surface area contributed by atoms with E-state index >= 15 is 0 Å². The molecule has 2 aliphatic rings. The molecule has 5 rings (SSSR count). The summed E-state index contributed by atoms with van der Waals surface area (Å²) in [4.78, 5) is 27.9. The van der Waals surface area contributed by atoms with Gasteiger partial charge in [0.2, 0.25) is 11.8 Å². The molecule has 40 heavy (non-hydrogen) atoms. The topological polar surface area (TPSA) is 58.2 Å². The van der Waals surface area contributed by atoms with Crippen LogP contribution in [-0.4, -0.2) is 17.9 Å². The minimum Gasteiger partial charge on any atom is -0.343 e. The van der Waals surface area contributed by atoms with Crippen molar-refractivity contribution in [1.29, 1.82) is 0 Å². The van der Waals surface area contributed by atoms with Gasteiger partial charge in [-0.25, -0.2) is 0 Å². The first-order valence-corrected chi connectivity index (χ1v) is 15.4. The molecule has 2 aliphatic carbocycles. The van der Waals surface area contributed by atoms with Gasteiger partial charge in [0.1, 0.15) is 6.04 Å². The minimum atomic E-state index is -0.677. The highest BCUT2D eigenvalue weighted by atomic mass is 79.9. The number of carbonyl (C=O) groups excluding carboxylic acids is 2. The van der Waals surface area contributed by atoms with Crippen molar-refractivity contribution >= 4 is 33.4 Å². The first-order chi connectivity index (χ1) is 19.1. The third-order valence-corrected chi connectivity index (χ3v) is 10.1. The fourth-order valence-corrected chi connectivity index (χ4v) is 7.72. The zero-order chi connectivity index (χ0) is 28.5. The highest BCUT2D eigenvalue weighted by Gasteiger charge is 2.55. The number of anilines is 1. The Kier molecular flexibility index (Phi) is 8.24. The number of nitrogens with one attached hydrogen (secondary N) is 2. The molecule has 0 aromatic heterocycles. The summed E-state index contributed by atoms with van der Waals surface area (Å²) < 4.78 is 0.890. The number of hydrogen-bond acceptors (Lipinski definition) is 2. The van der Waals surface area contributed by atoms with E-state index in [0.717, 1.165) is 42.1 Å². The molecule has 0 bridgehead atoms. The molecule has 0 radical (unpaired) electrons. The summed E-state index contributed by atoms with van der Waals surface area (Å²) in [5, 5.41) is 6.28. The van der Waals surface area contributed by atoms with Crippen LogP contribution in [0.25, 0.3) is 0 Å². The Morgan fingerprint density at radius 1 is 0.975 bits per heavy atom. The zero-order valence-corrected chi connectivity index (χ0v) is 25.7. The normalized spacial score (nSPS) is 24.5. The van der Waals surface area contributed by atoms with Crippen LogP contribution >= 0.6 is 15.9 Å². The van der Waals surface area contributed by atoms with Gasteiger partial charge in [-0.3, -0.25) is 9.59 Å². The highest BCUT2D eigenvalue weighted by molar-refractivity contribution is 9.10. The van der Waals surface area contributed by atoms with Crippen LogP contribution in [0.1, 0.15) is 81.5 Å². The van der Waals surface area contributed by atoms with Gasteiger partial charge in [-0.1, -0.05) is 105 Å². The van der Waals surface area contributed by atoms with Crippen LogP contribution in [0.2, 0.25) is 0 Å². The van der Waals surface area contributed by atoms with E-state index in [4.69, 9.17) is 0 Å². The maximum atomic E-state index is 14.3. The van der Waals surface area contributed by atoms with Crippen LogP contribution in [0.5, 0.6) is 0 Å². The van der Waals surface area contributed by atoms with Crippen molar-refractivity contribution in [3.8, 4) is 0 Å². The molecule has 0 aliphatic heterocycles. The standard InChI is InChI=1S/C35H41BrN2O2/c1-23(2)25-14-16-29-26(21-25)15-17-31-34(29,3)18-9-19-35(31,4)33(40)38-30(20-24-10-6-5-7-11-24)32(39)37-28-13-8-12-27(36)22-28/h5-8,10-14,16,21-23,30-31H,9,15,17-20H2,1-4H3,(H,37,39)(H,38,40)/t30-,31-,34-,35-/m1/s1. The van der Waals surface area contributed by atoms with Crippen molar-refractivity contribution < 1.29 is 9.59 Å². The molecule has 3 aromatic rings. The lowest BCUT2D eigenvalue weighted by molar-refractivity contribution is -0.141. The number of halogens is 1. The average molecular weight is 602 g/mol. The third-order valence-electron chi connectivity index (χ3n) is 9.56. The van der Waals surface area contributed by atoms with E-state index < -0.39 is 11.5 Å². The maximum absolute atomic E-state index is 14.3. The Balaban J connectivity index is 1.41. The SMILES string of the molecule is CC(C)c1ccc2c(c1)CC[C@H]1[C@](C)(C(=O)N[C@H](Cc3ccccc3)C(=O)Nc3cccc(Br)c3)CCC[C@]21C. The van der Waals surface area contributed by atoms with Gasteiger partial charge in [0.15, 0.2) is 0 Å². The van der Waals surface area contributed by atoms with E-state index in [-0.39, 0.29) is 23.1 Å². The number of hydrogen-bond donors (Lipinski definition) is 2. The predicted octanol–water partition coefficient (Wildman–Crippen LogP) is 7.95. The van der Waals surface area contributed by atoms with Gasteiger partial charge in [-0.15, -0.1) is 0 Å². The lowest BCUT2D eigenvalue weighted by Crippen LogP contribution is -2.58. The van der Waals surface area contributed by atoms with Gasteiger partial charge < -0.3 is 10.6 Å². The van der Waals surface area contributed by atoms with Gasteiger partial charge >= 0.3 is 0 Å². The second-order valence-electron chi connectivity index (χ2n) is 12.6. The van der Waals surface area contributed by atoms with Crippen LogP contribution in [0.3, 0.4) is 0 Å². The Hall–Kier alpha value is -2.92. The van der Waals surface area contributed by atoms with E-state index in [0.29, 0.717) is 18.0 Å². The highest BCUT2D eigenvalue weighted by Crippen LogP contribution is 2.57. The number of fused-ring (bicyclic) bond motifs is 3. The summed E-state index contributed by atoms with van der Waals surface area (Å²) in [5.41, 5.74) is 5.37. The van der Waals surface area contributed by atoms with E-state index in [1.165, 1.54) is 16.7 Å². The predicted molar refractivity (Wildman–Crippen MR) is 167 cm³/mol. The molecule has 5 heteroatoms. The molecule has 1 fully saturated rings. The summed E-state index contributed by atoms with van der Waals surface area (Å²) >= 11 is 3.48. The molecule has 0 heterocycles. The van der Waals surface area contributed by atoms with Crippen molar-refractivity contribution in [3.63, 3.8) is 0 Å². The summed E-state index contributed by atoms with van der Waals surface area (Å²) in [5.74, 6) is 0.517. The van der Waals surface area contributed by atoms with Crippen LogP contribution in [0.4, 0.5) is 5.69 Å². The van der Waals surface area contributed by atoms with Gasteiger partial charge in [0, 0.05) is 16.6 Å². The second kappa shape index (κ2) is 11.5. The van der Waals surface area contributed by atoms with Crippen molar-refractivity contribution in [2.45, 2.75) is 83.6 Å². The monoisotopic (exact) mass is 600 g/mol. The quantitative estimate of drug-likeness (QED) is 0.289. The first-order valence-electron chi connectivity index (χ1n) is 14.6. The number of aryl methyl sites for hydroxylation is 1. The largest absolute Gasteiger partial charge is 0.343 e. The lowest BCUT2D eigenvalue weighted by Gasteiger charge is -2.54. The summed E-state index contributed by atoms with van der Waals surface area (Å²) in [7, 11) is 0. The molecule has 0 saturated heterocycles. The Labute approximate surface area is 247 Å². The summed E-state index contributed by atoms with van der Waals surface area (Å²) in [6.45, 7) is 9.01. The molecule has 0 unspecified atom stereocenters. The van der Waals surface area contributed by atoms with Crippen LogP contribution < -0.4 is 10.6 Å². The number of benzene rings is 3. The molecule has 1 saturated carbocycles. The fraction of sp³-hybridized carbons (Fsp3) is 0.429. The number of amides is 2. The van der Waals surface area contributed by atoms with Gasteiger partial charge in [0.05, 0.1) is 5.41 Å². The van der Waals surface area contributed by atoms with Crippen molar-refractivity contribution in [2.75, 3.05) is 5.32 Å². The molecule has 4 atom stereocenters. The minimum absolute atomic E-state index is 0.00370. The molecular formula is C35H41BrN2O2. The first kappa shape index (κ1) is 28.6. The third kappa shape index (κ3) is 5.63. The zero-order valence-electron chi connectivity index (χ0n) is 24.1. The van der Waals surface area contributed by atoms with Gasteiger partial charge in [-0.2, -0.15) is 0 Å². The van der Waals surface area contributed by atoms with E-state index in [1.807, 2.05) is 54.6 Å². The number of carbonyl (C=O) groups is 2. The van der Waals surface area contributed by atoms with Crippen LogP contribution in [0.15, 0.2) is 77.3 Å². The number of rotatable bonds is 7. The van der Waals surface area contributed by atoms with Crippen LogP contribution in [-0.2, 0) is 27.8 Å². The molecule has 210 valence electrons. The van der Waals surface area contributed by atoms with Crippen LogP contribution in [0, 0.1) is 11.3 Å². The molecule has 0 spiro atoms. The molecular weight excluding hydrogens is 560 g/mol. The summed E-state index contributed by atoms with van der Waals surface area (Å²) in [6.07, 6.45) is 5.34. The second-order valence-corrected chi connectivity index (χ2v) is 13.5. The average Bonchev–Trinajstić information content (AvgIpc) is 2.92.